The van der Waals surface area contributed by atoms with Crippen LogP contribution in [0.4, 0.5) is 0 Å². The molecule has 72 valence electrons. The highest BCUT2D eigenvalue weighted by atomic mass is 32.2. The smallest absolute Gasteiger partial charge is 0.00359 e. The molecular formula is C10H21NS. The summed E-state index contributed by atoms with van der Waals surface area (Å²) in [6.07, 6.45) is 2.72. The van der Waals surface area contributed by atoms with Crippen LogP contribution < -0.4 is 5.73 Å². The van der Waals surface area contributed by atoms with E-state index in [0.717, 1.165) is 24.3 Å². The van der Waals surface area contributed by atoms with Gasteiger partial charge in [-0.2, -0.15) is 11.8 Å². The molecule has 1 aliphatic rings. The first-order valence-electron chi connectivity index (χ1n) is 5.01. The van der Waals surface area contributed by atoms with Crippen LogP contribution in [0.5, 0.6) is 0 Å². The van der Waals surface area contributed by atoms with E-state index in [1.807, 2.05) is 0 Å². The van der Waals surface area contributed by atoms with Crippen molar-refractivity contribution in [2.75, 3.05) is 18.1 Å². The quantitative estimate of drug-likeness (QED) is 0.734. The molecular weight excluding hydrogens is 166 g/mol. The molecule has 1 saturated heterocycles. The van der Waals surface area contributed by atoms with Gasteiger partial charge in [-0.3, -0.25) is 0 Å². The molecule has 1 rings (SSSR count). The van der Waals surface area contributed by atoms with Crippen molar-refractivity contribution in [2.24, 2.45) is 23.5 Å². The predicted molar refractivity (Wildman–Crippen MR) is 57.4 cm³/mol. The molecule has 0 aromatic heterocycles. The van der Waals surface area contributed by atoms with E-state index >= 15 is 0 Å². The van der Waals surface area contributed by atoms with E-state index in [0.29, 0.717) is 0 Å². The zero-order valence-corrected chi connectivity index (χ0v) is 9.07. The average Bonchev–Trinajstić information content (AvgIpc) is 2.04. The second-order valence-corrected chi connectivity index (χ2v) is 5.40. The highest BCUT2D eigenvalue weighted by Gasteiger charge is 2.24. The van der Waals surface area contributed by atoms with Crippen LogP contribution in [0, 0.1) is 17.8 Å². The summed E-state index contributed by atoms with van der Waals surface area (Å²) in [6.45, 7) is 5.53. The summed E-state index contributed by atoms with van der Waals surface area (Å²) in [5.74, 6) is 5.22. The molecule has 2 N–H and O–H groups in total. The first kappa shape index (κ1) is 10.4. The average molecular weight is 187 g/mol. The Morgan fingerprint density at radius 1 is 1.42 bits per heavy atom. The fourth-order valence-corrected chi connectivity index (χ4v) is 3.36. The Bertz CT molecular complexity index is 125. The molecule has 1 fully saturated rings. The van der Waals surface area contributed by atoms with Crippen molar-refractivity contribution in [1.29, 1.82) is 0 Å². The monoisotopic (exact) mass is 187 g/mol. The van der Waals surface area contributed by atoms with Crippen LogP contribution in [-0.2, 0) is 0 Å². The van der Waals surface area contributed by atoms with Gasteiger partial charge in [-0.15, -0.1) is 0 Å². The molecule has 0 amide bonds. The van der Waals surface area contributed by atoms with Crippen molar-refractivity contribution in [3.8, 4) is 0 Å². The molecule has 1 aliphatic heterocycles. The second kappa shape index (κ2) is 5.13. The van der Waals surface area contributed by atoms with Gasteiger partial charge in [0.2, 0.25) is 0 Å². The van der Waals surface area contributed by atoms with Gasteiger partial charge in [-0.05, 0) is 48.6 Å². The van der Waals surface area contributed by atoms with Gasteiger partial charge >= 0.3 is 0 Å². The number of thioether (sulfide) groups is 1. The maximum absolute atomic E-state index is 5.76. The van der Waals surface area contributed by atoms with Crippen molar-refractivity contribution in [3.05, 3.63) is 0 Å². The lowest BCUT2D eigenvalue weighted by atomic mass is 9.85. The molecule has 12 heavy (non-hydrogen) atoms. The van der Waals surface area contributed by atoms with Crippen molar-refractivity contribution in [3.63, 3.8) is 0 Å². The van der Waals surface area contributed by atoms with Gasteiger partial charge < -0.3 is 5.73 Å². The summed E-state index contributed by atoms with van der Waals surface area (Å²) >= 11 is 2.11. The highest BCUT2D eigenvalue weighted by Crippen LogP contribution is 2.32. The summed E-state index contributed by atoms with van der Waals surface area (Å²) in [5, 5.41) is 0. The maximum Gasteiger partial charge on any atom is -0.00359 e. The van der Waals surface area contributed by atoms with Gasteiger partial charge in [0.15, 0.2) is 0 Å². The molecule has 0 aromatic rings. The largest absolute Gasteiger partial charge is 0.330 e. The zero-order valence-electron chi connectivity index (χ0n) is 8.25. The highest BCUT2D eigenvalue weighted by molar-refractivity contribution is 7.99. The second-order valence-electron chi connectivity index (χ2n) is 4.25. The number of rotatable bonds is 3. The van der Waals surface area contributed by atoms with Gasteiger partial charge in [-0.25, -0.2) is 0 Å². The van der Waals surface area contributed by atoms with Crippen LogP contribution in [0.3, 0.4) is 0 Å². The molecule has 0 bridgehead atoms. The Hall–Kier alpha value is 0.310. The fraction of sp³-hybridized carbons (Fsp3) is 1.00. The summed E-state index contributed by atoms with van der Waals surface area (Å²) < 4.78 is 0. The first-order chi connectivity index (χ1) is 5.74. The van der Waals surface area contributed by atoms with E-state index in [-0.39, 0.29) is 0 Å². The molecule has 0 aromatic carbocycles. The van der Waals surface area contributed by atoms with Crippen LogP contribution in [0.25, 0.3) is 0 Å². The van der Waals surface area contributed by atoms with Gasteiger partial charge in [-0.1, -0.05) is 13.8 Å². The van der Waals surface area contributed by atoms with Gasteiger partial charge in [0, 0.05) is 0 Å². The molecule has 1 nitrogen and oxygen atoms in total. The molecule has 2 atom stereocenters. The van der Waals surface area contributed by atoms with E-state index in [1.165, 1.54) is 24.3 Å². The zero-order chi connectivity index (χ0) is 8.97. The lowest BCUT2D eigenvalue weighted by Gasteiger charge is -2.31. The Morgan fingerprint density at radius 2 is 2.17 bits per heavy atom. The van der Waals surface area contributed by atoms with Crippen molar-refractivity contribution in [2.45, 2.75) is 26.7 Å². The summed E-state index contributed by atoms with van der Waals surface area (Å²) in [4.78, 5) is 0. The summed E-state index contributed by atoms with van der Waals surface area (Å²) in [7, 11) is 0. The lowest BCUT2D eigenvalue weighted by molar-refractivity contribution is 0.302. The van der Waals surface area contributed by atoms with Gasteiger partial charge in [0.1, 0.15) is 0 Å². The Kier molecular flexibility index (Phi) is 4.44. The predicted octanol–water partition coefficient (Wildman–Crippen LogP) is 2.36. The van der Waals surface area contributed by atoms with Crippen molar-refractivity contribution in [1.82, 2.24) is 0 Å². The van der Waals surface area contributed by atoms with E-state index in [1.54, 1.807) is 0 Å². The molecule has 0 spiro atoms. The maximum atomic E-state index is 5.76. The third-order valence-electron chi connectivity index (χ3n) is 2.71. The van der Waals surface area contributed by atoms with E-state index in [2.05, 4.69) is 25.6 Å². The van der Waals surface area contributed by atoms with Crippen molar-refractivity contribution >= 4 is 11.8 Å². The Morgan fingerprint density at radius 3 is 2.75 bits per heavy atom. The van der Waals surface area contributed by atoms with Crippen LogP contribution in [0.1, 0.15) is 26.7 Å². The minimum Gasteiger partial charge on any atom is -0.330 e. The molecule has 0 saturated carbocycles. The lowest BCUT2D eigenvalue weighted by Crippen LogP contribution is -2.30. The number of hydrogen-bond acceptors (Lipinski definition) is 2. The molecule has 2 unspecified atom stereocenters. The SMILES string of the molecule is CC(C)CC1CSCCC1CN. The first-order valence-corrected chi connectivity index (χ1v) is 6.17. The summed E-state index contributed by atoms with van der Waals surface area (Å²) in [5.41, 5.74) is 5.76. The number of nitrogens with two attached hydrogens (primary N) is 1. The topological polar surface area (TPSA) is 26.0 Å². The third-order valence-corrected chi connectivity index (χ3v) is 3.90. The van der Waals surface area contributed by atoms with Crippen LogP contribution in [0.15, 0.2) is 0 Å². The van der Waals surface area contributed by atoms with Crippen molar-refractivity contribution < 1.29 is 0 Å². The van der Waals surface area contributed by atoms with Crippen LogP contribution >= 0.6 is 11.8 Å². The van der Waals surface area contributed by atoms with Gasteiger partial charge in [0.05, 0.1) is 0 Å². The third kappa shape index (κ3) is 2.98. The minimum atomic E-state index is 0.814. The fourth-order valence-electron chi connectivity index (χ4n) is 2.02. The molecule has 0 aliphatic carbocycles. The minimum absolute atomic E-state index is 0.814. The summed E-state index contributed by atoms with van der Waals surface area (Å²) in [6, 6.07) is 0. The standard InChI is InChI=1S/C10H21NS/c1-8(2)5-10-7-12-4-3-9(10)6-11/h8-10H,3-7,11H2,1-2H3. The van der Waals surface area contributed by atoms with Gasteiger partial charge in [0.25, 0.3) is 0 Å². The van der Waals surface area contributed by atoms with Crippen LogP contribution in [0.2, 0.25) is 0 Å². The van der Waals surface area contributed by atoms with Crippen LogP contribution in [-0.4, -0.2) is 18.1 Å². The van der Waals surface area contributed by atoms with E-state index < -0.39 is 0 Å². The number of hydrogen-bond donors (Lipinski definition) is 1. The normalized spacial score (nSPS) is 31.0. The van der Waals surface area contributed by atoms with E-state index in [4.69, 9.17) is 5.73 Å². The molecule has 0 radical (unpaired) electrons. The molecule has 1 heterocycles. The molecule has 2 heteroatoms. The Balaban J connectivity index is 2.36. The Labute approximate surface area is 80.5 Å². The van der Waals surface area contributed by atoms with E-state index in [9.17, 15) is 0 Å².